The van der Waals surface area contributed by atoms with Crippen LogP contribution in [0.2, 0.25) is 0 Å². The van der Waals surface area contributed by atoms with Crippen LogP contribution in [-0.4, -0.2) is 19.1 Å². The van der Waals surface area contributed by atoms with Gasteiger partial charge in [-0.1, -0.05) is 23.8 Å². The van der Waals surface area contributed by atoms with Crippen molar-refractivity contribution in [2.75, 3.05) is 14.2 Å². The van der Waals surface area contributed by atoms with Gasteiger partial charge >= 0.3 is 0 Å². The van der Waals surface area contributed by atoms with Gasteiger partial charge in [-0.3, -0.25) is 0 Å². The van der Waals surface area contributed by atoms with Gasteiger partial charge in [-0.15, -0.1) is 0 Å². The van der Waals surface area contributed by atoms with Gasteiger partial charge in [0.05, 0.1) is 12.8 Å². The van der Waals surface area contributed by atoms with Crippen LogP contribution in [0.5, 0.6) is 11.6 Å². The van der Waals surface area contributed by atoms with Gasteiger partial charge in [-0.05, 0) is 26.1 Å². The average molecular weight is 272 g/mol. The molecular weight excluding hydrogens is 252 g/mol. The van der Waals surface area contributed by atoms with E-state index >= 15 is 0 Å². The maximum atomic E-state index is 5.87. The number of ether oxygens (including phenoxy) is 2. The smallest absolute Gasteiger partial charge is 0.213 e. The third-order valence-corrected chi connectivity index (χ3v) is 2.95. The highest BCUT2D eigenvalue weighted by Crippen LogP contribution is 2.21. The molecule has 0 radical (unpaired) electrons. The molecule has 0 aliphatic heterocycles. The first kappa shape index (κ1) is 14.3. The van der Waals surface area contributed by atoms with Gasteiger partial charge in [0, 0.05) is 18.2 Å². The molecule has 4 nitrogen and oxygen atoms in total. The molecule has 0 fully saturated rings. The van der Waals surface area contributed by atoms with Gasteiger partial charge in [-0.25, -0.2) is 4.98 Å². The van der Waals surface area contributed by atoms with Gasteiger partial charge in [0.15, 0.2) is 0 Å². The van der Waals surface area contributed by atoms with Crippen molar-refractivity contribution in [3.63, 3.8) is 0 Å². The zero-order valence-electron chi connectivity index (χ0n) is 12.1. The number of nitrogens with zero attached hydrogens (tertiary/aromatic N) is 1. The molecule has 106 valence electrons. The van der Waals surface area contributed by atoms with Gasteiger partial charge in [-0.2, -0.15) is 0 Å². The molecule has 0 saturated carbocycles. The minimum absolute atomic E-state index is 0.428. The van der Waals surface area contributed by atoms with Crippen LogP contribution >= 0.6 is 0 Å². The summed E-state index contributed by atoms with van der Waals surface area (Å²) in [5, 5.41) is 3.15. The topological polar surface area (TPSA) is 43.4 Å². The molecule has 0 atom stereocenters. The fourth-order valence-electron chi connectivity index (χ4n) is 1.98. The maximum Gasteiger partial charge on any atom is 0.213 e. The summed E-state index contributed by atoms with van der Waals surface area (Å²) in [7, 11) is 3.54. The zero-order valence-corrected chi connectivity index (χ0v) is 12.1. The Morgan fingerprint density at radius 2 is 2.05 bits per heavy atom. The highest BCUT2D eigenvalue weighted by atomic mass is 16.5. The largest absolute Gasteiger partial charge is 0.487 e. The molecule has 2 aromatic rings. The van der Waals surface area contributed by atoms with E-state index in [2.05, 4.69) is 23.3 Å². The van der Waals surface area contributed by atoms with E-state index in [1.165, 1.54) is 5.56 Å². The number of benzene rings is 1. The Morgan fingerprint density at radius 3 is 2.80 bits per heavy atom. The van der Waals surface area contributed by atoms with Crippen molar-refractivity contribution in [1.82, 2.24) is 10.3 Å². The second kappa shape index (κ2) is 6.91. The summed E-state index contributed by atoms with van der Waals surface area (Å²) in [6.45, 7) is 3.28. The number of rotatable bonds is 6. The number of pyridine rings is 1. The molecule has 0 bridgehead atoms. The van der Waals surface area contributed by atoms with Gasteiger partial charge < -0.3 is 14.8 Å². The Kier molecular flexibility index (Phi) is 4.96. The first-order chi connectivity index (χ1) is 9.72. The summed E-state index contributed by atoms with van der Waals surface area (Å²) < 4.78 is 11.0. The van der Waals surface area contributed by atoms with Gasteiger partial charge in [0.25, 0.3) is 0 Å². The van der Waals surface area contributed by atoms with Crippen LogP contribution in [0.3, 0.4) is 0 Å². The lowest BCUT2D eigenvalue weighted by Gasteiger charge is -2.12. The first-order valence-electron chi connectivity index (χ1n) is 6.60. The molecule has 1 aromatic heterocycles. The minimum Gasteiger partial charge on any atom is -0.487 e. The summed E-state index contributed by atoms with van der Waals surface area (Å²) in [4.78, 5) is 4.34. The standard InChI is InChI=1S/C16H20N2O2/c1-12-7-8-15(13(9-12)10-17-2)20-11-14-5-4-6-16(18-14)19-3/h4-9,17H,10-11H2,1-3H3. The Labute approximate surface area is 119 Å². The molecule has 0 amide bonds. The predicted octanol–water partition coefficient (Wildman–Crippen LogP) is 2.70. The average Bonchev–Trinajstić information content (AvgIpc) is 2.47. The molecule has 0 aliphatic carbocycles. The Bertz CT molecular complexity index is 570. The van der Waals surface area contributed by atoms with E-state index in [1.54, 1.807) is 7.11 Å². The quantitative estimate of drug-likeness (QED) is 0.878. The number of methoxy groups -OCH3 is 1. The van der Waals surface area contributed by atoms with Gasteiger partial charge in [0.1, 0.15) is 12.4 Å². The molecule has 20 heavy (non-hydrogen) atoms. The molecule has 2 rings (SSSR count). The van der Waals surface area contributed by atoms with Crippen molar-refractivity contribution in [3.8, 4) is 11.6 Å². The molecule has 0 unspecified atom stereocenters. The van der Waals surface area contributed by atoms with E-state index in [-0.39, 0.29) is 0 Å². The molecule has 0 spiro atoms. The number of hydrogen-bond acceptors (Lipinski definition) is 4. The molecular formula is C16H20N2O2. The van der Waals surface area contributed by atoms with Crippen molar-refractivity contribution >= 4 is 0 Å². The van der Waals surface area contributed by atoms with Crippen molar-refractivity contribution in [2.45, 2.75) is 20.1 Å². The van der Waals surface area contributed by atoms with Crippen molar-refractivity contribution in [1.29, 1.82) is 0 Å². The molecule has 0 saturated heterocycles. The summed E-state index contributed by atoms with van der Waals surface area (Å²) in [6, 6.07) is 11.8. The predicted molar refractivity (Wildman–Crippen MR) is 79.1 cm³/mol. The van der Waals surface area contributed by atoms with E-state index in [0.29, 0.717) is 12.5 Å². The summed E-state index contributed by atoms with van der Waals surface area (Å²) >= 11 is 0. The van der Waals surface area contributed by atoms with Crippen LogP contribution in [0, 0.1) is 6.92 Å². The monoisotopic (exact) mass is 272 g/mol. The Hall–Kier alpha value is -2.07. The van der Waals surface area contributed by atoms with Crippen molar-refractivity contribution in [3.05, 3.63) is 53.2 Å². The van der Waals surface area contributed by atoms with Crippen LogP contribution in [0.1, 0.15) is 16.8 Å². The van der Waals surface area contributed by atoms with Crippen LogP contribution in [-0.2, 0) is 13.2 Å². The number of nitrogens with one attached hydrogen (secondary N) is 1. The number of aromatic nitrogens is 1. The lowest BCUT2D eigenvalue weighted by Crippen LogP contribution is -2.08. The Morgan fingerprint density at radius 1 is 1.20 bits per heavy atom. The third kappa shape index (κ3) is 3.71. The summed E-state index contributed by atoms with van der Waals surface area (Å²) in [6.07, 6.45) is 0. The summed E-state index contributed by atoms with van der Waals surface area (Å²) in [5.74, 6) is 1.49. The highest BCUT2D eigenvalue weighted by Gasteiger charge is 2.05. The van der Waals surface area contributed by atoms with E-state index in [0.717, 1.165) is 23.6 Å². The van der Waals surface area contributed by atoms with Crippen LogP contribution in [0.25, 0.3) is 0 Å². The maximum absolute atomic E-state index is 5.87. The molecule has 0 aliphatic rings. The van der Waals surface area contributed by atoms with E-state index in [4.69, 9.17) is 9.47 Å². The summed E-state index contributed by atoms with van der Waals surface area (Å²) in [5.41, 5.74) is 3.22. The van der Waals surface area contributed by atoms with E-state index in [1.807, 2.05) is 37.4 Å². The normalized spacial score (nSPS) is 10.3. The van der Waals surface area contributed by atoms with Gasteiger partial charge in [0.2, 0.25) is 5.88 Å². The van der Waals surface area contributed by atoms with E-state index < -0.39 is 0 Å². The Balaban J connectivity index is 2.09. The van der Waals surface area contributed by atoms with Crippen LogP contribution in [0.4, 0.5) is 0 Å². The molecule has 1 heterocycles. The minimum atomic E-state index is 0.428. The van der Waals surface area contributed by atoms with Crippen LogP contribution < -0.4 is 14.8 Å². The lowest BCUT2D eigenvalue weighted by atomic mass is 10.1. The van der Waals surface area contributed by atoms with E-state index in [9.17, 15) is 0 Å². The SMILES string of the molecule is CNCc1cc(C)ccc1OCc1cccc(OC)n1. The zero-order chi connectivity index (χ0) is 14.4. The highest BCUT2D eigenvalue weighted by molar-refractivity contribution is 5.37. The molecule has 1 N–H and O–H groups in total. The third-order valence-electron chi connectivity index (χ3n) is 2.95. The fourth-order valence-corrected chi connectivity index (χ4v) is 1.98. The fraction of sp³-hybridized carbons (Fsp3) is 0.312. The molecule has 4 heteroatoms. The number of hydrogen-bond donors (Lipinski definition) is 1. The van der Waals surface area contributed by atoms with Crippen LogP contribution in [0.15, 0.2) is 36.4 Å². The lowest BCUT2D eigenvalue weighted by molar-refractivity contribution is 0.294. The second-order valence-corrected chi connectivity index (χ2v) is 4.60. The van der Waals surface area contributed by atoms with Crippen molar-refractivity contribution < 1.29 is 9.47 Å². The second-order valence-electron chi connectivity index (χ2n) is 4.60. The van der Waals surface area contributed by atoms with Crippen molar-refractivity contribution in [2.24, 2.45) is 0 Å². The molecule has 1 aromatic carbocycles. The number of aryl methyl sites for hydroxylation is 1. The first-order valence-corrected chi connectivity index (χ1v) is 6.60.